The van der Waals surface area contributed by atoms with Crippen LogP contribution in [0.25, 0.3) is 0 Å². The van der Waals surface area contributed by atoms with Crippen molar-refractivity contribution in [1.82, 2.24) is 5.32 Å². The van der Waals surface area contributed by atoms with Crippen LogP contribution in [0, 0.1) is 0 Å². The first kappa shape index (κ1) is 17.0. The summed E-state index contributed by atoms with van der Waals surface area (Å²) < 4.78 is 44.3. The smallest absolute Gasteiger partial charge is 0.488 e. The van der Waals surface area contributed by atoms with Gasteiger partial charge in [-0.1, -0.05) is 3.89 Å². The monoisotopic (exact) mass is 422 g/mol. The Balaban J connectivity index is 1.98. The minimum Gasteiger partial charge on any atom is -0.490 e. The van der Waals surface area contributed by atoms with E-state index in [4.69, 9.17) is 4.74 Å². The van der Waals surface area contributed by atoms with Crippen LogP contribution >= 0.6 is 15.9 Å². The Morgan fingerprint density at radius 2 is 2.12 bits per heavy atom. The molecule has 0 bridgehead atoms. The molecule has 1 atom stereocenters. The minimum absolute atomic E-state index is 0.188. The fourth-order valence-corrected chi connectivity index (χ4v) is 3.58. The first-order chi connectivity index (χ1) is 11.2. The van der Waals surface area contributed by atoms with Crippen molar-refractivity contribution >= 4 is 43.9 Å². The topological polar surface area (TPSA) is 102 Å². The second kappa shape index (κ2) is 6.20. The van der Waals surface area contributed by atoms with Crippen molar-refractivity contribution in [2.75, 3.05) is 18.1 Å². The van der Waals surface area contributed by atoms with Crippen molar-refractivity contribution in [3.05, 3.63) is 16.6 Å². The van der Waals surface area contributed by atoms with Gasteiger partial charge < -0.3 is 13.8 Å². The third-order valence-electron chi connectivity index (χ3n) is 3.69. The van der Waals surface area contributed by atoms with Crippen LogP contribution in [0.4, 0.5) is 9.57 Å². The molecule has 2 aliphatic heterocycles. The minimum atomic E-state index is -5.20. The molecule has 0 aliphatic carbocycles. The number of anilines is 1. The maximum Gasteiger partial charge on any atom is 0.488 e. The van der Waals surface area contributed by atoms with Crippen LogP contribution in [-0.4, -0.2) is 39.4 Å². The van der Waals surface area contributed by atoms with Crippen molar-refractivity contribution in [1.29, 1.82) is 0 Å². The summed E-state index contributed by atoms with van der Waals surface area (Å²) in [6.45, 7) is 0.654. The lowest BCUT2D eigenvalue weighted by molar-refractivity contribution is -0.134. The summed E-state index contributed by atoms with van der Waals surface area (Å²) in [5.74, 6) is -0.656. The number of fused-ring (bicyclic) bond motifs is 1. The predicted octanol–water partition coefficient (Wildman–Crippen LogP) is 1.05. The molecule has 11 heteroatoms. The van der Waals surface area contributed by atoms with Crippen LogP contribution in [0.3, 0.4) is 0 Å². The Morgan fingerprint density at radius 3 is 2.79 bits per heavy atom. The maximum atomic E-state index is 12.8. The molecular weight excluding hydrogens is 411 g/mol. The fourth-order valence-electron chi connectivity index (χ4n) is 2.71. The number of nitrogens with one attached hydrogen (secondary N) is 1. The molecule has 1 aromatic rings. The molecule has 1 unspecified atom stereocenters. The molecule has 1 N–H and O–H groups in total. The molecule has 1 fully saturated rings. The number of amides is 2. The molecule has 2 aliphatic rings. The third-order valence-corrected chi connectivity index (χ3v) is 4.69. The van der Waals surface area contributed by atoms with E-state index in [1.807, 2.05) is 0 Å². The molecule has 2 amide bonds. The van der Waals surface area contributed by atoms with E-state index >= 15 is 0 Å². The van der Waals surface area contributed by atoms with Crippen LogP contribution in [-0.2, 0) is 20.1 Å². The van der Waals surface area contributed by atoms with Crippen molar-refractivity contribution in [2.45, 2.75) is 18.9 Å². The molecule has 2 heterocycles. The van der Waals surface area contributed by atoms with Crippen molar-refractivity contribution in [2.24, 2.45) is 0 Å². The Hall–Kier alpha value is -1.88. The summed E-state index contributed by atoms with van der Waals surface area (Å²) in [5.41, 5.74) is 0.387. The number of carbonyl (C=O) groups is 2. The zero-order chi connectivity index (χ0) is 17.5. The Kier molecular flexibility index (Phi) is 4.38. The predicted molar refractivity (Wildman–Crippen MR) is 83.8 cm³/mol. The molecular formula is C13H12BrFN2O6S. The number of nitrogens with zero attached hydrogens (tertiary/aromatic N) is 1. The lowest BCUT2D eigenvalue weighted by Gasteiger charge is -2.38. The summed E-state index contributed by atoms with van der Waals surface area (Å²) in [7, 11) is -5.20. The van der Waals surface area contributed by atoms with E-state index in [0.717, 1.165) is 0 Å². The largest absolute Gasteiger partial charge is 0.490 e. The molecule has 0 saturated carbocycles. The number of hydrogen-bond donors (Lipinski definition) is 1. The van der Waals surface area contributed by atoms with Gasteiger partial charge in [0.1, 0.15) is 18.4 Å². The highest BCUT2D eigenvalue weighted by Crippen LogP contribution is 2.42. The van der Waals surface area contributed by atoms with Crippen LogP contribution in [0.2, 0.25) is 0 Å². The van der Waals surface area contributed by atoms with Crippen LogP contribution in [0.1, 0.15) is 12.8 Å². The zero-order valence-corrected chi connectivity index (χ0v) is 14.5. The number of hydrogen-bond acceptors (Lipinski definition) is 7. The van der Waals surface area contributed by atoms with Gasteiger partial charge >= 0.3 is 10.5 Å². The molecule has 1 aromatic carbocycles. The molecule has 130 valence electrons. The van der Waals surface area contributed by atoms with E-state index in [-0.39, 0.29) is 22.6 Å². The number of halogens is 2. The van der Waals surface area contributed by atoms with Crippen LogP contribution < -0.4 is 19.1 Å². The highest BCUT2D eigenvalue weighted by atomic mass is 79.9. The van der Waals surface area contributed by atoms with E-state index < -0.39 is 22.5 Å². The summed E-state index contributed by atoms with van der Waals surface area (Å²) >= 11 is 3.09. The van der Waals surface area contributed by atoms with Gasteiger partial charge in [0.25, 0.3) is 0 Å². The van der Waals surface area contributed by atoms with Gasteiger partial charge in [-0.25, -0.2) is 0 Å². The average molecular weight is 423 g/mol. The Morgan fingerprint density at radius 1 is 1.38 bits per heavy atom. The third kappa shape index (κ3) is 3.46. The lowest BCUT2D eigenvalue weighted by atomic mass is 10.0. The first-order valence-electron chi connectivity index (χ1n) is 6.95. The van der Waals surface area contributed by atoms with Gasteiger partial charge in [-0.2, -0.15) is 8.42 Å². The van der Waals surface area contributed by atoms with Crippen molar-refractivity contribution in [3.63, 3.8) is 0 Å². The molecule has 8 nitrogen and oxygen atoms in total. The second-order valence-electron chi connectivity index (χ2n) is 5.24. The highest BCUT2D eigenvalue weighted by Gasteiger charge is 2.35. The molecule has 0 radical (unpaired) electrons. The van der Waals surface area contributed by atoms with Gasteiger partial charge in [-0.15, -0.1) is 0 Å². The number of rotatable bonds is 3. The van der Waals surface area contributed by atoms with Crippen molar-refractivity contribution < 1.29 is 30.8 Å². The Labute approximate surface area is 145 Å². The van der Waals surface area contributed by atoms with Gasteiger partial charge in [0, 0.05) is 18.6 Å². The molecule has 0 aromatic heterocycles. The van der Waals surface area contributed by atoms with Gasteiger partial charge in [-0.05, 0) is 22.4 Å². The van der Waals surface area contributed by atoms with E-state index in [9.17, 15) is 21.9 Å². The van der Waals surface area contributed by atoms with Crippen molar-refractivity contribution in [3.8, 4) is 11.5 Å². The van der Waals surface area contributed by atoms with Gasteiger partial charge in [0.2, 0.25) is 11.8 Å². The van der Waals surface area contributed by atoms with E-state index in [0.29, 0.717) is 31.0 Å². The number of piperidine rings is 1. The summed E-state index contributed by atoms with van der Waals surface area (Å²) in [5, 5.41) is 2.26. The number of imide groups is 1. The number of benzene rings is 1. The maximum absolute atomic E-state index is 12.8. The van der Waals surface area contributed by atoms with Gasteiger partial charge in [0.05, 0.1) is 16.7 Å². The number of carbonyl (C=O) groups excluding carboxylic acids is 2. The quantitative estimate of drug-likeness (QED) is 0.573. The summed E-state index contributed by atoms with van der Waals surface area (Å²) in [6.07, 6.45) is 0.514. The number of ether oxygens (including phenoxy) is 1. The molecule has 0 spiro atoms. The first-order valence-corrected chi connectivity index (χ1v) is 9.05. The summed E-state index contributed by atoms with van der Waals surface area (Å²) in [4.78, 5) is 25.1. The van der Waals surface area contributed by atoms with Gasteiger partial charge in [0.15, 0.2) is 5.75 Å². The fraction of sp³-hybridized carbons (Fsp3) is 0.385. The van der Waals surface area contributed by atoms with E-state index in [1.165, 1.54) is 12.1 Å². The normalized spacial score (nSPS) is 20.9. The van der Waals surface area contributed by atoms with Crippen LogP contribution in [0.15, 0.2) is 16.6 Å². The molecule has 3 rings (SSSR count). The highest BCUT2D eigenvalue weighted by molar-refractivity contribution is 9.10. The van der Waals surface area contributed by atoms with Crippen LogP contribution in [0.5, 0.6) is 11.5 Å². The SMILES string of the molecule is O=C1CCC(N2CCOc3cc(Br)c(OS(=O)(=O)F)cc32)C(=O)N1. The molecule has 24 heavy (non-hydrogen) atoms. The molecule has 1 saturated heterocycles. The Bertz CT molecular complexity index is 815. The van der Waals surface area contributed by atoms with Gasteiger partial charge in [-0.3, -0.25) is 14.9 Å². The average Bonchev–Trinajstić information content (AvgIpc) is 2.46. The standard InChI is InChI=1S/C13H12BrFN2O6S/c14-7-5-11-9(6-10(7)23-24(15,20)21)17(3-4-22-11)8-1-2-12(18)16-13(8)19/h5-6,8H,1-4H2,(H,16,18,19). The van der Waals surface area contributed by atoms with E-state index in [2.05, 4.69) is 25.4 Å². The lowest BCUT2D eigenvalue weighted by Crippen LogP contribution is -2.54. The second-order valence-corrected chi connectivity index (χ2v) is 7.04. The zero-order valence-electron chi connectivity index (χ0n) is 12.1. The summed E-state index contributed by atoms with van der Waals surface area (Å²) in [6, 6.07) is 2.11. The van der Waals surface area contributed by atoms with E-state index in [1.54, 1.807) is 4.90 Å².